The van der Waals surface area contributed by atoms with E-state index < -0.39 is 14.9 Å². The monoisotopic (exact) mass is 318 g/mol. The minimum absolute atomic E-state index is 0.0655. The maximum atomic E-state index is 12.1. The number of hydrogen-bond donors (Lipinski definition) is 0. The Kier molecular flexibility index (Phi) is 10.8. The molecule has 1 unspecified atom stereocenters. The molecule has 5 nitrogen and oxygen atoms in total. The van der Waals surface area contributed by atoms with Gasteiger partial charge in [0.25, 0.3) is 0 Å². The Bertz CT molecular complexity index is 302. The zero-order chi connectivity index (χ0) is 16.3. The SMILES string of the molecule is C=C(C)C(=O)C(CC[Si](OCC)(OCC)OCC)OCC. The summed E-state index contributed by atoms with van der Waals surface area (Å²) in [5.41, 5.74) is 0.505. The zero-order valence-corrected chi connectivity index (χ0v) is 15.1. The Morgan fingerprint density at radius 3 is 1.81 bits per heavy atom. The van der Waals surface area contributed by atoms with Crippen molar-refractivity contribution < 1.29 is 22.8 Å². The summed E-state index contributed by atoms with van der Waals surface area (Å²) >= 11 is 0. The average Bonchev–Trinajstić information content (AvgIpc) is 2.43. The van der Waals surface area contributed by atoms with E-state index in [4.69, 9.17) is 18.0 Å². The van der Waals surface area contributed by atoms with E-state index in [1.54, 1.807) is 6.92 Å². The highest BCUT2D eigenvalue weighted by Gasteiger charge is 2.41. The van der Waals surface area contributed by atoms with Crippen LogP contribution < -0.4 is 0 Å². The molecule has 1 atom stereocenters. The molecule has 6 heteroatoms. The van der Waals surface area contributed by atoms with E-state index in [0.29, 0.717) is 44.5 Å². The van der Waals surface area contributed by atoms with Crippen LogP contribution in [0.5, 0.6) is 0 Å². The van der Waals surface area contributed by atoms with Gasteiger partial charge in [-0.1, -0.05) is 6.58 Å². The molecule has 0 radical (unpaired) electrons. The average molecular weight is 318 g/mol. The second kappa shape index (κ2) is 11.1. The molecule has 0 aromatic heterocycles. The van der Waals surface area contributed by atoms with E-state index in [1.807, 2.05) is 27.7 Å². The lowest BCUT2D eigenvalue weighted by molar-refractivity contribution is -0.126. The lowest BCUT2D eigenvalue weighted by Gasteiger charge is -2.29. The summed E-state index contributed by atoms with van der Waals surface area (Å²) in [6.07, 6.45) is 0.0203. The highest BCUT2D eigenvalue weighted by atomic mass is 28.4. The molecule has 0 amide bonds. The van der Waals surface area contributed by atoms with Gasteiger partial charge in [0, 0.05) is 32.5 Å². The van der Waals surface area contributed by atoms with Crippen LogP contribution in [0, 0.1) is 0 Å². The van der Waals surface area contributed by atoms with Crippen molar-refractivity contribution in [1.29, 1.82) is 0 Å². The van der Waals surface area contributed by atoms with Gasteiger partial charge in [0.05, 0.1) is 0 Å². The third-order valence-corrected chi connectivity index (χ3v) is 5.97. The van der Waals surface area contributed by atoms with Crippen molar-refractivity contribution >= 4 is 14.6 Å². The van der Waals surface area contributed by atoms with Crippen molar-refractivity contribution in [3.63, 3.8) is 0 Å². The largest absolute Gasteiger partial charge is 0.501 e. The second-order valence-corrected chi connectivity index (χ2v) is 7.34. The number of rotatable bonds is 13. The summed E-state index contributed by atoms with van der Waals surface area (Å²) in [4.78, 5) is 12.1. The van der Waals surface area contributed by atoms with Crippen LogP contribution in [-0.2, 0) is 22.8 Å². The molecule has 0 heterocycles. The van der Waals surface area contributed by atoms with Gasteiger partial charge >= 0.3 is 8.80 Å². The second-order valence-electron chi connectivity index (χ2n) is 4.61. The fourth-order valence-corrected chi connectivity index (χ4v) is 4.69. The highest BCUT2D eigenvalue weighted by Crippen LogP contribution is 2.21. The number of carbonyl (C=O) groups excluding carboxylic acids is 1. The standard InChI is InChI=1S/C15H30O5Si/c1-7-17-14(15(16)13(5)6)11-12-21(18-8-2,19-9-3)20-10-4/h14H,5,7-12H2,1-4,6H3. The minimum Gasteiger partial charge on any atom is -0.374 e. The van der Waals surface area contributed by atoms with Crippen LogP contribution in [-0.4, -0.2) is 47.1 Å². The summed E-state index contributed by atoms with van der Waals surface area (Å²) < 4.78 is 22.9. The van der Waals surface area contributed by atoms with Gasteiger partial charge in [-0.25, -0.2) is 0 Å². The lowest BCUT2D eigenvalue weighted by Crippen LogP contribution is -2.47. The van der Waals surface area contributed by atoms with Gasteiger partial charge in [0.2, 0.25) is 0 Å². The summed E-state index contributed by atoms with van der Waals surface area (Å²) in [6, 6.07) is 0.562. The number of hydrogen-bond acceptors (Lipinski definition) is 5. The smallest absolute Gasteiger partial charge is 0.374 e. The molecule has 0 aromatic carbocycles. The molecule has 0 fully saturated rings. The van der Waals surface area contributed by atoms with Gasteiger partial charge in [0.15, 0.2) is 5.78 Å². The predicted molar refractivity (Wildman–Crippen MR) is 85.3 cm³/mol. The zero-order valence-electron chi connectivity index (χ0n) is 14.1. The van der Waals surface area contributed by atoms with Crippen LogP contribution >= 0.6 is 0 Å². The van der Waals surface area contributed by atoms with Crippen LogP contribution in [0.1, 0.15) is 41.0 Å². The Labute approximate surface area is 130 Å². The van der Waals surface area contributed by atoms with Crippen molar-refractivity contribution in [3.05, 3.63) is 12.2 Å². The lowest BCUT2D eigenvalue weighted by atomic mass is 10.1. The van der Waals surface area contributed by atoms with Crippen LogP contribution in [0.3, 0.4) is 0 Å². The van der Waals surface area contributed by atoms with E-state index in [2.05, 4.69) is 6.58 Å². The molecule has 0 aliphatic carbocycles. The van der Waals surface area contributed by atoms with Gasteiger partial charge in [0.1, 0.15) is 6.10 Å². The molecule has 0 saturated heterocycles. The number of ether oxygens (including phenoxy) is 1. The van der Waals surface area contributed by atoms with Crippen molar-refractivity contribution in [3.8, 4) is 0 Å². The Morgan fingerprint density at radius 1 is 1.00 bits per heavy atom. The van der Waals surface area contributed by atoms with Crippen LogP contribution in [0.15, 0.2) is 12.2 Å². The van der Waals surface area contributed by atoms with Crippen molar-refractivity contribution in [2.45, 2.75) is 53.2 Å². The first-order valence-corrected chi connectivity index (χ1v) is 9.62. The topological polar surface area (TPSA) is 54.0 Å². The van der Waals surface area contributed by atoms with Crippen LogP contribution in [0.2, 0.25) is 6.04 Å². The first kappa shape index (κ1) is 20.5. The Morgan fingerprint density at radius 2 is 1.48 bits per heavy atom. The molecule has 0 rings (SSSR count). The number of Topliss-reactive ketones (excluding diaryl/α,β-unsaturated/α-hetero) is 1. The molecular weight excluding hydrogens is 288 g/mol. The summed E-state index contributed by atoms with van der Waals surface area (Å²) in [6.45, 7) is 15.1. The van der Waals surface area contributed by atoms with Gasteiger partial charge in [-0.2, -0.15) is 0 Å². The molecule has 0 spiro atoms. The third-order valence-electron chi connectivity index (χ3n) is 2.89. The first-order chi connectivity index (χ1) is 9.96. The summed E-state index contributed by atoms with van der Waals surface area (Å²) in [5.74, 6) is -0.0655. The number of carbonyl (C=O) groups is 1. The minimum atomic E-state index is -2.73. The normalized spacial score (nSPS) is 13.2. The third kappa shape index (κ3) is 7.33. The van der Waals surface area contributed by atoms with E-state index in [0.717, 1.165) is 0 Å². The number of ketones is 1. The highest BCUT2D eigenvalue weighted by molar-refractivity contribution is 6.60. The maximum Gasteiger partial charge on any atom is 0.501 e. The van der Waals surface area contributed by atoms with E-state index in [1.165, 1.54) is 0 Å². The molecule has 0 saturated carbocycles. The summed E-state index contributed by atoms with van der Waals surface area (Å²) in [5, 5.41) is 0. The van der Waals surface area contributed by atoms with Gasteiger partial charge in [-0.15, -0.1) is 0 Å². The van der Waals surface area contributed by atoms with E-state index in [-0.39, 0.29) is 5.78 Å². The van der Waals surface area contributed by atoms with Crippen LogP contribution in [0.25, 0.3) is 0 Å². The summed E-state index contributed by atoms with van der Waals surface area (Å²) in [7, 11) is -2.73. The van der Waals surface area contributed by atoms with Crippen molar-refractivity contribution in [2.24, 2.45) is 0 Å². The van der Waals surface area contributed by atoms with Crippen LogP contribution in [0.4, 0.5) is 0 Å². The van der Waals surface area contributed by atoms with Crippen molar-refractivity contribution in [1.82, 2.24) is 0 Å². The fourth-order valence-electron chi connectivity index (χ4n) is 2.08. The molecule has 0 aromatic rings. The molecule has 0 aliphatic rings. The van der Waals surface area contributed by atoms with Gasteiger partial charge in [-0.05, 0) is 46.6 Å². The molecular formula is C15H30O5Si. The van der Waals surface area contributed by atoms with Crippen molar-refractivity contribution in [2.75, 3.05) is 26.4 Å². The first-order valence-electron chi connectivity index (χ1n) is 7.69. The Balaban J connectivity index is 4.87. The van der Waals surface area contributed by atoms with E-state index in [9.17, 15) is 4.79 Å². The van der Waals surface area contributed by atoms with E-state index >= 15 is 0 Å². The molecule has 124 valence electrons. The predicted octanol–water partition coefficient (Wildman–Crippen LogP) is 2.98. The molecule has 0 bridgehead atoms. The quantitative estimate of drug-likeness (QED) is 0.386. The maximum absolute atomic E-state index is 12.1. The van der Waals surface area contributed by atoms with Gasteiger partial charge in [-0.3, -0.25) is 4.79 Å². The molecule has 0 aliphatic heterocycles. The molecule has 21 heavy (non-hydrogen) atoms. The Hall–Kier alpha value is -0.533. The van der Waals surface area contributed by atoms with Gasteiger partial charge < -0.3 is 18.0 Å². The fraction of sp³-hybridized carbons (Fsp3) is 0.800. The molecule has 0 N–H and O–H groups in total.